The molecule has 0 radical (unpaired) electrons. The van der Waals surface area contributed by atoms with Crippen molar-refractivity contribution < 1.29 is 4.79 Å². The summed E-state index contributed by atoms with van der Waals surface area (Å²) < 4.78 is 4.12. The van der Waals surface area contributed by atoms with E-state index < -0.39 is 5.25 Å². The molecule has 32 heavy (non-hydrogen) atoms. The molecule has 8 heteroatoms. The lowest BCUT2D eigenvalue weighted by Gasteiger charge is -2.09. The molecule has 1 N–H and O–H groups in total. The van der Waals surface area contributed by atoms with Crippen LogP contribution in [0.2, 0.25) is 0 Å². The number of aromatic nitrogens is 3. The number of rotatable bonds is 6. The maximum absolute atomic E-state index is 13.0. The number of benzene rings is 2. The number of amides is 1. The van der Waals surface area contributed by atoms with E-state index in [0.717, 1.165) is 21.3 Å². The number of para-hydroxylation sites is 1. The molecule has 2 aromatic carbocycles. The fraction of sp³-hybridized carbons (Fsp3) is 0.208. The van der Waals surface area contributed by atoms with E-state index in [1.807, 2.05) is 61.7 Å². The van der Waals surface area contributed by atoms with Gasteiger partial charge in [-0.15, -0.1) is 11.3 Å². The van der Waals surface area contributed by atoms with Crippen molar-refractivity contribution in [2.75, 3.05) is 5.32 Å². The molecule has 1 unspecified atom stereocenters. The van der Waals surface area contributed by atoms with Gasteiger partial charge >= 0.3 is 0 Å². The highest BCUT2D eigenvalue weighted by Crippen LogP contribution is 2.31. The van der Waals surface area contributed by atoms with Crippen molar-refractivity contribution in [3.63, 3.8) is 0 Å². The third kappa shape index (κ3) is 4.42. The van der Waals surface area contributed by atoms with Crippen LogP contribution in [-0.2, 0) is 11.8 Å². The molecule has 0 spiro atoms. The zero-order valence-electron chi connectivity index (χ0n) is 18.3. The first kappa shape index (κ1) is 22.1. The van der Waals surface area contributed by atoms with Crippen LogP contribution in [0.25, 0.3) is 16.9 Å². The predicted octanol–water partition coefficient (Wildman–Crippen LogP) is 5.04. The summed E-state index contributed by atoms with van der Waals surface area (Å²) in [6, 6.07) is 17.6. The zero-order chi connectivity index (χ0) is 22.8. The van der Waals surface area contributed by atoms with Gasteiger partial charge in [0, 0.05) is 18.0 Å². The van der Waals surface area contributed by atoms with Gasteiger partial charge in [0.25, 0.3) is 5.56 Å². The fourth-order valence-corrected chi connectivity index (χ4v) is 5.28. The van der Waals surface area contributed by atoms with Gasteiger partial charge in [-0.3, -0.25) is 14.3 Å². The molecule has 1 amide bonds. The summed E-state index contributed by atoms with van der Waals surface area (Å²) in [6.45, 7) is 5.69. The summed E-state index contributed by atoms with van der Waals surface area (Å²) in [4.78, 5) is 30.6. The molecule has 164 valence electrons. The summed E-state index contributed by atoms with van der Waals surface area (Å²) in [6.07, 6.45) is 0. The monoisotopic (exact) mass is 464 g/mol. The van der Waals surface area contributed by atoms with Crippen LogP contribution in [0.5, 0.6) is 0 Å². The lowest BCUT2D eigenvalue weighted by molar-refractivity contribution is -0.115. The quantitative estimate of drug-likeness (QED) is 0.406. The molecule has 0 aliphatic rings. The van der Waals surface area contributed by atoms with E-state index in [9.17, 15) is 9.59 Å². The van der Waals surface area contributed by atoms with Gasteiger partial charge < -0.3 is 5.32 Å². The Morgan fingerprint density at radius 3 is 2.47 bits per heavy atom. The van der Waals surface area contributed by atoms with E-state index >= 15 is 0 Å². The van der Waals surface area contributed by atoms with E-state index in [1.165, 1.54) is 28.7 Å². The lowest BCUT2D eigenvalue weighted by Crippen LogP contribution is -2.27. The molecule has 2 aromatic heterocycles. The smallest absolute Gasteiger partial charge is 0.295 e. The molecular weight excluding hydrogens is 440 g/mol. The molecule has 0 fully saturated rings. The van der Waals surface area contributed by atoms with E-state index in [0.29, 0.717) is 11.4 Å². The second-order valence-corrected chi connectivity index (χ2v) is 10.00. The van der Waals surface area contributed by atoms with E-state index in [2.05, 4.69) is 29.4 Å². The van der Waals surface area contributed by atoms with Crippen molar-refractivity contribution in [1.29, 1.82) is 0 Å². The van der Waals surface area contributed by atoms with Gasteiger partial charge in [0.1, 0.15) is 5.69 Å². The van der Waals surface area contributed by atoms with Crippen molar-refractivity contribution in [2.45, 2.75) is 30.4 Å². The average molecular weight is 465 g/mol. The van der Waals surface area contributed by atoms with Gasteiger partial charge in [-0.25, -0.2) is 9.67 Å². The van der Waals surface area contributed by atoms with Gasteiger partial charge in [-0.2, -0.15) is 0 Å². The Bertz CT molecular complexity index is 1300. The van der Waals surface area contributed by atoms with Gasteiger partial charge in [0.15, 0.2) is 4.34 Å². The summed E-state index contributed by atoms with van der Waals surface area (Å²) in [5.74, 6) is -0.229. The minimum absolute atomic E-state index is 0.229. The van der Waals surface area contributed by atoms with E-state index in [-0.39, 0.29) is 11.5 Å². The normalized spacial score (nSPS) is 12.0. The first-order valence-electron chi connectivity index (χ1n) is 10.2. The number of thioether (sulfide) groups is 1. The standard InChI is InChI=1S/C24H24N4O2S2/c1-15-10-12-18(13-11-15)20-14-31-24(25-20)32-17(3)22(29)26-21-16(2)27(4)28(23(21)30)19-8-6-5-7-9-19/h5-14,17H,1-4H3,(H,26,29). The van der Waals surface area contributed by atoms with Crippen LogP contribution in [0.4, 0.5) is 5.69 Å². The highest BCUT2D eigenvalue weighted by molar-refractivity contribution is 8.02. The predicted molar refractivity (Wildman–Crippen MR) is 132 cm³/mol. The van der Waals surface area contributed by atoms with Crippen LogP contribution in [0.15, 0.2) is 69.1 Å². The number of hydrogen-bond acceptors (Lipinski definition) is 5. The minimum atomic E-state index is -0.406. The number of carbonyl (C=O) groups is 1. The first-order chi connectivity index (χ1) is 15.3. The summed E-state index contributed by atoms with van der Waals surface area (Å²) in [5.41, 5.74) is 4.64. The Morgan fingerprint density at radius 2 is 1.78 bits per heavy atom. The van der Waals surface area contributed by atoms with Crippen molar-refractivity contribution in [3.05, 3.63) is 81.6 Å². The fourth-order valence-electron chi connectivity index (χ4n) is 3.31. The maximum atomic E-state index is 13.0. The van der Waals surface area contributed by atoms with Gasteiger partial charge in [-0.05, 0) is 32.9 Å². The Labute approximate surface area is 194 Å². The topological polar surface area (TPSA) is 68.9 Å². The van der Waals surface area contributed by atoms with Gasteiger partial charge in [-0.1, -0.05) is 59.8 Å². The minimum Gasteiger partial charge on any atom is -0.319 e. The summed E-state index contributed by atoms with van der Waals surface area (Å²) >= 11 is 2.90. The molecule has 0 aliphatic carbocycles. The van der Waals surface area contributed by atoms with E-state index in [4.69, 9.17) is 0 Å². The second-order valence-electron chi connectivity index (χ2n) is 7.55. The van der Waals surface area contributed by atoms with Crippen LogP contribution >= 0.6 is 23.1 Å². The summed E-state index contributed by atoms with van der Waals surface area (Å²) in [5, 5.41) is 4.43. The van der Waals surface area contributed by atoms with Crippen LogP contribution in [-0.4, -0.2) is 25.5 Å². The third-order valence-electron chi connectivity index (χ3n) is 5.28. The van der Waals surface area contributed by atoms with Gasteiger partial charge in [0.2, 0.25) is 5.91 Å². The van der Waals surface area contributed by atoms with Crippen molar-refractivity contribution in [3.8, 4) is 16.9 Å². The molecule has 2 heterocycles. The first-order valence-corrected chi connectivity index (χ1v) is 11.9. The zero-order valence-corrected chi connectivity index (χ0v) is 20.0. The van der Waals surface area contributed by atoms with Crippen molar-refractivity contribution in [2.24, 2.45) is 7.05 Å². The van der Waals surface area contributed by atoms with Crippen molar-refractivity contribution in [1.82, 2.24) is 14.3 Å². The van der Waals surface area contributed by atoms with Crippen LogP contribution in [0, 0.1) is 13.8 Å². The number of nitrogens with one attached hydrogen (secondary N) is 1. The molecule has 0 saturated heterocycles. The number of hydrogen-bond donors (Lipinski definition) is 1. The molecule has 0 aliphatic heterocycles. The average Bonchev–Trinajstić information content (AvgIpc) is 3.33. The SMILES string of the molecule is Cc1ccc(-c2csc(SC(C)C(=O)Nc3c(C)n(C)n(-c4ccccc4)c3=O)n2)cc1. The number of carbonyl (C=O) groups excluding carboxylic acids is 1. The van der Waals surface area contributed by atoms with Crippen molar-refractivity contribution >= 4 is 34.7 Å². The Morgan fingerprint density at radius 1 is 1.09 bits per heavy atom. The molecular formula is C24H24N4O2S2. The lowest BCUT2D eigenvalue weighted by atomic mass is 10.1. The molecule has 0 saturated carbocycles. The molecule has 1 atom stereocenters. The number of nitrogens with zero attached hydrogens (tertiary/aromatic N) is 3. The Balaban J connectivity index is 1.49. The van der Waals surface area contributed by atoms with E-state index in [1.54, 1.807) is 16.4 Å². The number of aryl methyl sites for hydroxylation is 1. The van der Waals surface area contributed by atoms with Crippen LogP contribution < -0.4 is 10.9 Å². The largest absolute Gasteiger partial charge is 0.319 e. The summed E-state index contributed by atoms with van der Waals surface area (Å²) in [7, 11) is 1.81. The highest BCUT2D eigenvalue weighted by atomic mass is 32.2. The molecule has 6 nitrogen and oxygen atoms in total. The van der Waals surface area contributed by atoms with Crippen LogP contribution in [0.3, 0.4) is 0 Å². The molecule has 4 aromatic rings. The molecule has 4 rings (SSSR count). The highest BCUT2D eigenvalue weighted by Gasteiger charge is 2.22. The molecule has 0 bridgehead atoms. The Hall–Kier alpha value is -3.10. The third-order valence-corrected chi connectivity index (χ3v) is 7.35. The second kappa shape index (κ2) is 9.18. The van der Waals surface area contributed by atoms with Crippen LogP contribution in [0.1, 0.15) is 18.2 Å². The maximum Gasteiger partial charge on any atom is 0.295 e. The number of thiazole rings is 1. The van der Waals surface area contributed by atoms with Gasteiger partial charge in [0.05, 0.1) is 22.3 Å². The number of anilines is 1. The Kier molecular flexibility index (Phi) is 6.34.